The third-order valence-electron chi connectivity index (χ3n) is 3.44. The summed E-state index contributed by atoms with van der Waals surface area (Å²) >= 11 is 0. The number of halogens is 1. The Morgan fingerprint density at radius 2 is 1.91 bits per heavy atom. The molecule has 0 saturated carbocycles. The van der Waals surface area contributed by atoms with Crippen LogP contribution in [0.4, 0.5) is 14.9 Å². The van der Waals surface area contributed by atoms with Crippen LogP contribution < -0.4 is 10.6 Å². The van der Waals surface area contributed by atoms with E-state index in [1.807, 2.05) is 24.3 Å². The van der Waals surface area contributed by atoms with Gasteiger partial charge in [0.05, 0.1) is 16.7 Å². The van der Waals surface area contributed by atoms with Crippen LogP contribution in [-0.4, -0.2) is 22.5 Å². The van der Waals surface area contributed by atoms with Gasteiger partial charge in [0.25, 0.3) is 0 Å². The maximum absolute atomic E-state index is 13.4. The number of nitrogens with one attached hydrogen (secondary N) is 3. The van der Waals surface area contributed by atoms with Gasteiger partial charge >= 0.3 is 6.03 Å². The van der Waals surface area contributed by atoms with Gasteiger partial charge in [-0.05, 0) is 30.7 Å². The Hall–Kier alpha value is -2.89. The van der Waals surface area contributed by atoms with Crippen LogP contribution in [0, 0.1) is 5.82 Å². The minimum atomic E-state index is -0.454. The molecule has 2 aromatic carbocycles. The molecular weight excluding hydrogens is 295 g/mol. The second-order valence-electron chi connectivity index (χ2n) is 5.16. The summed E-state index contributed by atoms with van der Waals surface area (Å²) in [6.45, 7) is 0.483. The maximum Gasteiger partial charge on any atom is 0.319 e. The Morgan fingerprint density at radius 1 is 1.13 bits per heavy atom. The lowest BCUT2D eigenvalue weighted by molar-refractivity contribution is 0.252. The molecule has 118 valence electrons. The highest BCUT2D eigenvalue weighted by molar-refractivity contribution is 5.89. The summed E-state index contributed by atoms with van der Waals surface area (Å²) in [6, 6.07) is 13.5. The number of nitrogens with zero attached hydrogens (tertiary/aromatic N) is 1. The van der Waals surface area contributed by atoms with Crippen LogP contribution >= 0.6 is 0 Å². The zero-order valence-electron chi connectivity index (χ0n) is 12.5. The van der Waals surface area contributed by atoms with E-state index >= 15 is 0 Å². The van der Waals surface area contributed by atoms with E-state index in [1.54, 1.807) is 12.1 Å². The lowest BCUT2D eigenvalue weighted by Crippen LogP contribution is -2.30. The molecule has 0 bridgehead atoms. The third kappa shape index (κ3) is 3.85. The molecular formula is C17H17FN4O. The van der Waals surface area contributed by atoms with E-state index in [2.05, 4.69) is 20.6 Å². The quantitative estimate of drug-likeness (QED) is 0.631. The van der Waals surface area contributed by atoms with E-state index in [4.69, 9.17) is 0 Å². The number of carbonyl (C=O) groups is 1. The molecule has 5 nitrogen and oxygen atoms in total. The number of anilines is 1. The smallest absolute Gasteiger partial charge is 0.319 e. The molecule has 3 aromatic rings. The van der Waals surface area contributed by atoms with Crippen molar-refractivity contribution in [3.05, 3.63) is 60.2 Å². The molecule has 1 aromatic heterocycles. The highest BCUT2D eigenvalue weighted by Gasteiger charge is 2.06. The second-order valence-corrected chi connectivity index (χ2v) is 5.16. The largest absolute Gasteiger partial charge is 0.342 e. The highest BCUT2D eigenvalue weighted by Crippen LogP contribution is 2.12. The summed E-state index contributed by atoms with van der Waals surface area (Å²) in [4.78, 5) is 19.4. The van der Waals surface area contributed by atoms with E-state index in [9.17, 15) is 9.18 Å². The predicted octanol–water partition coefficient (Wildman–Crippen LogP) is 3.46. The van der Waals surface area contributed by atoms with Crippen LogP contribution in [0.5, 0.6) is 0 Å². The first-order valence-corrected chi connectivity index (χ1v) is 7.45. The average molecular weight is 312 g/mol. The Kier molecular flexibility index (Phi) is 4.52. The topological polar surface area (TPSA) is 69.8 Å². The van der Waals surface area contributed by atoms with Crippen LogP contribution in [-0.2, 0) is 6.42 Å². The predicted molar refractivity (Wildman–Crippen MR) is 87.8 cm³/mol. The fourth-order valence-corrected chi connectivity index (χ4v) is 2.31. The molecule has 0 aliphatic carbocycles. The number of H-pyrrole nitrogens is 1. The van der Waals surface area contributed by atoms with E-state index in [0.29, 0.717) is 6.54 Å². The van der Waals surface area contributed by atoms with Crippen LogP contribution in [0.15, 0.2) is 48.5 Å². The number of aromatic amines is 1. The molecule has 0 unspecified atom stereocenters. The molecule has 3 N–H and O–H groups in total. The summed E-state index contributed by atoms with van der Waals surface area (Å²) in [5, 5.41) is 5.19. The van der Waals surface area contributed by atoms with Gasteiger partial charge in [0.1, 0.15) is 11.6 Å². The van der Waals surface area contributed by atoms with Crippen molar-refractivity contribution < 1.29 is 9.18 Å². The van der Waals surface area contributed by atoms with Gasteiger partial charge in [-0.1, -0.05) is 24.3 Å². The number of hydrogen-bond donors (Lipinski definition) is 3. The van der Waals surface area contributed by atoms with E-state index in [1.165, 1.54) is 12.1 Å². The zero-order valence-corrected chi connectivity index (χ0v) is 12.5. The molecule has 3 rings (SSSR count). The average Bonchev–Trinajstić information content (AvgIpc) is 2.96. The summed E-state index contributed by atoms with van der Waals surface area (Å²) < 4.78 is 13.4. The number of fused-ring (bicyclic) bond motifs is 1. The zero-order chi connectivity index (χ0) is 16.1. The first-order valence-electron chi connectivity index (χ1n) is 7.45. The molecule has 0 fully saturated rings. The normalized spacial score (nSPS) is 10.7. The molecule has 0 spiro atoms. The number of aromatic nitrogens is 2. The van der Waals surface area contributed by atoms with E-state index in [-0.39, 0.29) is 5.69 Å². The lowest BCUT2D eigenvalue weighted by atomic mass is 10.3. The first kappa shape index (κ1) is 15.0. The number of para-hydroxylation sites is 3. The van der Waals surface area contributed by atoms with Crippen LogP contribution in [0.25, 0.3) is 11.0 Å². The Labute approximate surface area is 132 Å². The van der Waals surface area contributed by atoms with Crippen LogP contribution in [0.3, 0.4) is 0 Å². The van der Waals surface area contributed by atoms with Gasteiger partial charge in [0, 0.05) is 13.0 Å². The van der Waals surface area contributed by atoms with Crippen molar-refractivity contribution in [1.82, 2.24) is 15.3 Å². The Bertz CT molecular complexity index is 782. The van der Waals surface area contributed by atoms with Crippen LogP contribution in [0.2, 0.25) is 0 Å². The van der Waals surface area contributed by atoms with Gasteiger partial charge in [-0.3, -0.25) is 0 Å². The van der Waals surface area contributed by atoms with Crippen molar-refractivity contribution >= 4 is 22.8 Å². The number of aryl methyl sites for hydroxylation is 1. The SMILES string of the molecule is O=C(NCCCc1nc2ccccc2[nH]1)Nc1ccccc1F. The molecule has 1 heterocycles. The fraction of sp³-hybridized carbons (Fsp3) is 0.176. The number of benzene rings is 2. The number of hydrogen-bond acceptors (Lipinski definition) is 2. The molecule has 0 atom stereocenters. The Morgan fingerprint density at radius 3 is 2.74 bits per heavy atom. The fourth-order valence-electron chi connectivity index (χ4n) is 2.31. The first-order chi connectivity index (χ1) is 11.2. The molecule has 6 heteroatoms. The molecule has 0 aliphatic heterocycles. The number of carbonyl (C=O) groups excluding carboxylic acids is 1. The summed E-state index contributed by atoms with van der Waals surface area (Å²) in [5.74, 6) is 0.437. The van der Waals surface area contributed by atoms with Gasteiger partial charge in [-0.15, -0.1) is 0 Å². The van der Waals surface area contributed by atoms with Crippen LogP contribution in [0.1, 0.15) is 12.2 Å². The summed E-state index contributed by atoms with van der Waals surface area (Å²) in [6.07, 6.45) is 1.47. The molecule has 0 saturated heterocycles. The van der Waals surface area contributed by atoms with Crippen molar-refractivity contribution in [1.29, 1.82) is 0 Å². The molecule has 2 amide bonds. The van der Waals surface area contributed by atoms with Gasteiger partial charge in [-0.2, -0.15) is 0 Å². The second kappa shape index (κ2) is 6.91. The Balaban J connectivity index is 1.44. The monoisotopic (exact) mass is 312 g/mol. The van der Waals surface area contributed by atoms with Crippen molar-refractivity contribution in [3.63, 3.8) is 0 Å². The van der Waals surface area contributed by atoms with E-state index in [0.717, 1.165) is 29.7 Å². The number of amides is 2. The number of imidazole rings is 1. The van der Waals surface area contributed by atoms with Gasteiger partial charge < -0.3 is 15.6 Å². The summed E-state index contributed by atoms with van der Waals surface area (Å²) in [7, 11) is 0. The van der Waals surface area contributed by atoms with Gasteiger partial charge in [0.2, 0.25) is 0 Å². The minimum Gasteiger partial charge on any atom is -0.342 e. The number of rotatable bonds is 5. The number of urea groups is 1. The maximum atomic E-state index is 13.4. The van der Waals surface area contributed by atoms with Gasteiger partial charge in [-0.25, -0.2) is 14.2 Å². The van der Waals surface area contributed by atoms with E-state index < -0.39 is 11.8 Å². The molecule has 0 aliphatic rings. The van der Waals surface area contributed by atoms with Crippen molar-refractivity contribution in [3.8, 4) is 0 Å². The van der Waals surface area contributed by atoms with Gasteiger partial charge in [0.15, 0.2) is 0 Å². The standard InChI is InChI=1S/C17H17FN4O/c18-12-6-1-2-7-13(12)22-17(23)19-11-5-10-16-20-14-8-3-4-9-15(14)21-16/h1-4,6-9H,5,10-11H2,(H,20,21)(H2,19,22,23). The summed E-state index contributed by atoms with van der Waals surface area (Å²) in [5.41, 5.74) is 2.11. The van der Waals surface area contributed by atoms with Crippen molar-refractivity contribution in [2.24, 2.45) is 0 Å². The lowest BCUT2D eigenvalue weighted by Gasteiger charge is -2.07. The third-order valence-corrected chi connectivity index (χ3v) is 3.44. The minimum absolute atomic E-state index is 0.169. The van der Waals surface area contributed by atoms with Crippen molar-refractivity contribution in [2.75, 3.05) is 11.9 Å². The molecule has 0 radical (unpaired) electrons. The highest BCUT2D eigenvalue weighted by atomic mass is 19.1. The molecule has 23 heavy (non-hydrogen) atoms. The van der Waals surface area contributed by atoms with Crippen molar-refractivity contribution in [2.45, 2.75) is 12.8 Å².